The average molecular weight is 230 g/mol. The highest BCUT2D eigenvalue weighted by molar-refractivity contribution is 5.76. The fraction of sp³-hybridized carbons (Fsp3) is 0.917. The van der Waals surface area contributed by atoms with Gasteiger partial charge in [0, 0.05) is 32.2 Å². The maximum Gasteiger partial charge on any atom is 0.221 e. The molecule has 2 N–H and O–H groups in total. The highest BCUT2D eigenvalue weighted by Gasteiger charge is 2.17. The second kappa shape index (κ2) is 6.21. The van der Waals surface area contributed by atoms with E-state index in [1.807, 2.05) is 13.8 Å². The molecule has 16 heavy (non-hydrogen) atoms. The van der Waals surface area contributed by atoms with Crippen molar-refractivity contribution < 1.29 is 9.53 Å². The highest BCUT2D eigenvalue weighted by atomic mass is 16.5. The maximum absolute atomic E-state index is 11.5. The van der Waals surface area contributed by atoms with Gasteiger partial charge in [0.1, 0.15) is 0 Å². The third-order valence-corrected chi connectivity index (χ3v) is 2.27. The minimum atomic E-state index is -0.298. The molecular formula is C12H26N2O2. The zero-order valence-corrected chi connectivity index (χ0v) is 11.4. The van der Waals surface area contributed by atoms with Gasteiger partial charge in [-0.25, -0.2) is 0 Å². The van der Waals surface area contributed by atoms with E-state index >= 15 is 0 Å². The first-order valence-corrected chi connectivity index (χ1v) is 5.73. The summed E-state index contributed by atoms with van der Waals surface area (Å²) in [6, 6.07) is 0. The van der Waals surface area contributed by atoms with E-state index in [-0.39, 0.29) is 17.0 Å². The Labute approximate surface area is 99.1 Å². The molecule has 0 aromatic carbocycles. The molecule has 0 aliphatic carbocycles. The van der Waals surface area contributed by atoms with E-state index < -0.39 is 0 Å². The second-order valence-electron chi connectivity index (χ2n) is 5.67. The number of hydrogen-bond acceptors (Lipinski definition) is 3. The smallest absolute Gasteiger partial charge is 0.221 e. The normalized spacial score (nSPS) is 12.6. The van der Waals surface area contributed by atoms with Crippen LogP contribution in [0.25, 0.3) is 0 Å². The molecule has 0 atom stereocenters. The minimum absolute atomic E-state index is 0.0573. The minimum Gasteiger partial charge on any atom is -0.377 e. The predicted octanol–water partition coefficient (Wildman–Crippen LogP) is 1.31. The fourth-order valence-electron chi connectivity index (χ4n) is 1.02. The van der Waals surface area contributed by atoms with Crippen molar-refractivity contribution in [2.24, 2.45) is 0 Å². The molecule has 0 aliphatic heterocycles. The highest BCUT2D eigenvalue weighted by Crippen LogP contribution is 2.04. The van der Waals surface area contributed by atoms with Crippen molar-refractivity contribution in [2.45, 2.75) is 52.2 Å². The van der Waals surface area contributed by atoms with Crippen LogP contribution in [-0.4, -0.2) is 37.2 Å². The lowest BCUT2D eigenvalue weighted by Crippen LogP contribution is -2.42. The number of ether oxygens (including phenoxy) is 1. The summed E-state index contributed by atoms with van der Waals surface area (Å²) in [6.07, 6.45) is 0.497. The van der Waals surface area contributed by atoms with Crippen molar-refractivity contribution in [3.8, 4) is 0 Å². The molecule has 0 saturated carbocycles. The van der Waals surface area contributed by atoms with E-state index in [1.165, 1.54) is 0 Å². The average Bonchev–Trinajstić information content (AvgIpc) is 2.13. The molecule has 0 fully saturated rings. The zero-order valence-electron chi connectivity index (χ0n) is 11.4. The third-order valence-electron chi connectivity index (χ3n) is 2.27. The third kappa shape index (κ3) is 8.68. The summed E-state index contributed by atoms with van der Waals surface area (Å²) in [5.41, 5.74) is -0.237. The van der Waals surface area contributed by atoms with E-state index in [0.717, 1.165) is 0 Å². The molecule has 0 saturated heterocycles. The number of amides is 1. The molecule has 0 bridgehead atoms. The van der Waals surface area contributed by atoms with Crippen LogP contribution in [0.15, 0.2) is 0 Å². The first kappa shape index (κ1) is 15.4. The molecule has 96 valence electrons. The topological polar surface area (TPSA) is 50.4 Å². The van der Waals surface area contributed by atoms with Gasteiger partial charge in [-0.05, 0) is 34.6 Å². The van der Waals surface area contributed by atoms with Gasteiger partial charge in [0.05, 0.1) is 5.60 Å². The number of methoxy groups -OCH3 is 1. The fourth-order valence-corrected chi connectivity index (χ4v) is 1.02. The Morgan fingerprint density at radius 2 is 1.75 bits per heavy atom. The number of nitrogens with one attached hydrogen (secondary N) is 2. The van der Waals surface area contributed by atoms with Crippen molar-refractivity contribution in [3.63, 3.8) is 0 Å². The van der Waals surface area contributed by atoms with E-state index in [0.29, 0.717) is 19.5 Å². The van der Waals surface area contributed by atoms with Crippen LogP contribution in [0.5, 0.6) is 0 Å². The van der Waals surface area contributed by atoms with E-state index in [4.69, 9.17) is 4.74 Å². The Morgan fingerprint density at radius 1 is 1.19 bits per heavy atom. The van der Waals surface area contributed by atoms with Crippen LogP contribution in [-0.2, 0) is 9.53 Å². The van der Waals surface area contributed by atoms with E-state index in [1.54, 1.807) is 7.11 Å². The molecule has 0 heterocycles. The molecule has 0 radical (unpaired) electrons. The molecule has 0 rings (SSSR count). The van der Waals surface area contributed by atoms with E-state index in [9.17, 15) is 4.79 Å². The van der Waals surface area contributed by atoms with E-state index in [2.05, 4.69) is 31.4 Å². The standard InChI is InChI=1S/C12H26N2O2/c1-11(2,3)14-8-7-10(15)13-9-12(4,5)16-6/h14H,7-9H2,1-6H3,(H,13,15). The number of hydrogen-bond donors (Lipinski definition) is 2. The van der Waals surface area contributed by atoms with Gasteiger partial charge >= 0.3 is 0 Å². The van der Waals surface area contributed by atoms with Gasteiger partial charge in [-0.2, -0.15) is 0 Å². The lowest BCUT2D eigenvalue weighted by Gasteiger charge is -2.23. The van der Waals surface area contributed by atoms with Gasteiger partial charge in [-0.1, -0.05) is 0 Å². The van der Waals surface area contributed by atoms with Gasteiger partial charge < -0.3 is 15.4 Å². The van der Waals surface area contributed by atoms with Crippen molar-refractivity contribution in [3.05, 3.63) is 0 Å². The Hall–Kier alpha value is -0.610. The molecule has 4 heteroatoms. The number of carbonyl (C=O) groups is 1. The summed E-state index contributed by atoms with van der Waals surface area (Å²) in [5, 5.41) is 6.13. The van der Waals surface area contributed by atoms with Gasteiger partial charge in [-0.15, -0.1) is 0 Å². The Morgan fingerprint density at radius 3 is 2.19 bits per heavy atom. The molecular weight excluding hydrogens is 204 g/mol. The van der Waals surface area contributed by atoms with Crippen LogP contribution in [0.1, 0.15) is 41.0 Å². The predicted molar refractivity (Wildman–Crippen MR) is 66.5 cm³/mol. The van der Waals surface area contributed by atoms with Gasteiger partial charge in [0.25, 0.3) is 0 Å². The molecule has 0 spiro atoms. The van der Waals surface area contributed by atoms with Crippen LogP contribution in [0.2, 0.25) is 0 Å². The molecule has 0 aliphatic rings. The van der Waals surface area contributed by atoms with Gasteiger partial charge in [0.2, 0.25) is 5.91 Å². The van der Waals surface area contributed by atoms with Crippen molar-refractivity contribution in [1.29, 1.82) is 0 Å². The second-order valence-corrected chi connectivity index (χ2v) is 5.67. The summed E-state index contributed by atoms with van der Waals surface area (Å²) in [5.74, 6) is 0.0573. The van der Waals surface area contributed by atoms with Gasteiger partial charge in [0.15, 0.2) is 0 Å². The molecule has 0 aromatic rings. The number of carbonyl (C=O) groups excluding carboxylic acids is 1. The summed E-state index contributed by atoms with van der Waals surface area (Å²) in [6.45, 7) is 11.4. The van der Waals surface area contributed by atoms with Crippen LogP contribution in [0.4, 0.5) is 0 Å². The molecule has 4 nitrogen and oxygen atoms in total. The largest absolute Gasteiger partial charge is 0.377 e. The van der Waals surface area contributed by atoms with Crippen LogP contribution < -0.4 is 10.6 Å². The first-order chi connectivity index (χ1) is 7.16. The van der Waals surface area contributed by atoms with Crippen molar-refractivity contribution >= 4 is 5.91 Å². The summed E-state index contributed by atoms with van der Waals surface area (Å²) >= 11 is 0. The Balaban J connectivity index is 3.68. The zero-order chi connectivity index (χ0) is 12.8. The Kier molecular flexibility index (Phi) is 5.97. The Bertz CT molecular complexity index is 220. The van der Waals surface area contributed by atoms with Crippen molar-refractivity contribution in [2.75, 3.05) is 20.2 Å². The van der Waals surface area contributed by atoms with Crippen molar-refractivity contribution in [1.82, 2.24) is 10.6 Å². The van der Waals surface area contributed by atoms with Gasteiger partial charge in [-0.3, -0.25) is 4.79 Å². The molecule has 1 amide bonds. The first-order valence-electron chi connectivity index (χ1n) is 5.73. The van der Waals surface area contributed by atoms with Crippen LogP contribution in [0.3, 0.4) is 0 Å². The SMILES string of the molecule is COC(C)(C)CNC(=O)CCNC(C)(C)C. The van der Waals surface area contributed by atoms with Crippen LogP contribution >= 0.6 is 0 Å². The summed E-state index contributed by atoms with van der Waals surface area (Å²) in [4.78, 5) is 11.5. The lowest BCUT2D eigenvalue weighted by atomic mass is 10.1. The number of rotatable bonds is 6. The summed E-state index contributed by atoms with van der Waals surface area (Å²) < 4.78 is 5.22. The summed E-state index contributed by atoms with van der Waals surface area (Å²) in [7, 11) is 1.65. The molecule has 0 aromatic heterocycles. The quantitative estimate of drug-likeness (QED) is 0.723. The maximum atomic E-state index is 11.5. The molecule has 0 unspecified atom stereocenters. The van der Waals surface area contributed by atoms with Crippen LogP contribution in [0, 0.1) is 0 Å². The lowest BCUT2D eigenvalue weighted by molar-refractivity contribution is -0.122. The monoisotopic (exact) mass is 230 g/mol.